The van der Waals surface area contributed by atoms with Crippen molar-refractivity contribution in [1.82, 2.24) is 15.3 Å². The number of H-pyrrole nitrogens is 1. The monoisotopic (exact) mass is 277 g/mol. The molecular formula is C18H19N3. The summed E-state index contributed by atoms with van der Waals surface area (Å²) >= 11 is 0. The van der Waals surface area contributed by atoms with E-state index in [-0.39, 0.29) is 0 Å². The van der Waals surface area contributed by atoms with Crippen molar-refractivity contribution in [3.63, 3.8) is 0 Å². The van der Waals surface area contributed by atoms with E-state index >= 15 is 0 Å². The summed E-state index contributed by atoms with van der Waals surface area (Å²) in [6.07, 6.45) is 6.57. The molecule has 4 rings (SSSR count). The van der Waals surface area contributed by atoms with E-state index in [9.17, 15) is 0 Å². The second-order valence-electron chi connectivity index (χ2n) is 5.82. The predicted octanol–water partition coefficient (Wildman–Crippen LogP) is 3.80. The van der Waals surface area contributed by atoms with E-state index in [0.717, 1.165) is 18.1 Å². The molecule has 1 aliphatic rings. The molecule has 0 radical (unpaired) electrons. The number of aromatic nitrogens is 2. The van der Waals surface area contributed by atoms with Crippen LogP contribution in [0.3, 0.4) is 0 Å². The molecule has 2 aromatic heterocycles. The summed E-state index contributed by atoms with van der Waals surface area (Å²) in [6, 6.07) is 15.4. The van der Waals surface area contributed by atoms with Crippen LogP contribution >= 0.6 is 0 Å². The third kappa shape index (κ3) is 2.57. The maximum atomic E-state index is 4.35. The lowest BCUT2D eigenvalue weighted by Gasteiger charge is -2.18. The average molecular weight is 277 g/mol. The Morgan fingerprint density at radius 3 is 2.81 bits per heavy atom. The lowest BCUT2D eigenvalue weighted by atomic mass is 10.0. The van der Waals surface area contributed by atoms with Crippen molar-refractivity contribution in [3.8, 4) is 0 Å². The van der Waals surface area contributed by atoms with Crippen LogP contribution in [0.15, 0.2) is 54.9 Å². The fourth-order valence-electron chi connectivity index (χ4n) is 3.03. The molecule has 1 fully saturated rings. The normalized spacial score (nSPS) is 16.2. The van der Waals surface area contributed by atoms with E-state index in [4.69, 9.17) is 0 Å². The van der Waals surface area contributed by atoms with Crippen molar-refractivity contribution in [3.05, 3.63) is 66.0 Å². The van der Waals surface area contributed by atoms with Crippen LogP contribution in [0.2, 0.25) is 0 Å². The Kier molecular flexibility index (Phi) is 3.20. The van der Waals surface area contributed by atoms with Crippen LogP contribution in [-0.2, 0) is 6.54 Å². The highest BCUT2D eigenvalue weighted by Gasteiger charge is 2.31. The van der Waals surface area contributed by atoms with Gasteiger partial charge in [0.2, 0.25) is 0 Å². The smallest absolute Gasteiger partial charge is 0.137 e. The highest BCUT2D eigenvalue weighted by Crippen LogP contribution is 2.41. The molecule has 0 amide bonds. The van der Waals surface area contributed by atoms with Gasteiger partial charge in [0.15, 0.2) is 0 Å². The fraction of sp³-hybridized carbons (Fsp3) is 0.278. The van der Waals surface area contributed by atoms with Gasteiger partial charge in [-0.1, -0.05) is 30.3 Å². The molecule has 1 aromatic carbocycles. The molecule has 1 aliphatic carbocycles. The topological polar surface area (TPSA) is 40.7 Å². The lowest BCUT2D eigenvalue weighted by molar-refractivity contribution is 0.481. The van der Waals surface area contributed by atoms with Crippen LogP contribution in [0, 0.1) is 5.92 Å². The van der Waals surface area contributed by atoms with Crippen molar-refractivity contribution in [2.45, 2.75) is 25.4 Å². The van der Waals surface area contributed by atoms with Gasteiger partial charge >= 0.3 is 0 Å². The van der Waals surface area contributed by atoms with E-state index in [1.54, 1.807) is 0 Å². The largest absolute Gasteiger partial charge is 0.346 e. The summed E-state index contributed by atoms with van der Waals surface area (Å²) in [7, 11) is 0. The van der Waals surface area contributed by atoms with Crippen LogP contribution in [0.25, 0.3) is 11.0 Å². The van der Waals surface area contributed by atoms with Crippen molar-refractivity contribution < 1.29 is 0 Å². The number of nitrogens with one attached hydrogen (secondary N) is 2. The molecule has 2 N–H and O–H groups in total. The molecule has 21 heavy (non-hydrogen) atoms. The van der Waals surface area contributed by atoms with Crippen molar-refractivity contribution in [1.29, 1.82) is 0 Å². The zero-order chi connectivity index (χ0) is 14.1. The summed E-state index contributed by atoms with van der Waals surface area (Å²) in [5.41, 5.74) is 3.66. The molecule has 0 saturated heterocycles. The van der Waals surface area contributed by atoms with Gasteiger partial charge in [-0.15, -0.1) is 0 Å². The molecular weight excluding hydrogens is 258 g/mol. The molecule has 3 heteroatoms. The first kappa shape index (κ1) is 12.6. The number of rotatable bonds is 5. The van der Waals surface area contributed by atoms with Crippen molar-refractivity contribution >= 4 is 11.0 Å². The zero-order valence-corrected chi connectivity index (χ0v) is 11.9. The summed E-state index contributed by atoms with van der Waals surface area (Å²) in [4.78, 5) is 7.60. The van der Waals surface area contributed by atoms with E-state index in [0.29, 0.717) is 6.04 Å². The minimum Gasteiger partial charge on any atom is -0.346 e. The summed E-state index contributed by atoms with van der Waals surface area (Å²) < 4.78 is 0. The van der Waals surface area contributed by atoms with Crippen LogP contribution in [0.4, 0.5) is 0 Å². The first-order valence-electron chi connectivity index (χ1n) is 7.61. The first-order valence-corrected chi connectivity index (χ1v) is 7.61. The molecule has 3 aromatic rings. The van der Waals surface area contributed by atoms with E-state index in [1.807, 2.05) is 12.3 Å². The molecule has 3 nitrogen and oxygen atoms in total. The Morgan fingerprint density at radius 1 is 1.14 bits per heavy atom. The van der Waals surface area contributed by atoms with Gasteiger partial charge < -0.3 is 10.3 Å². The quantitative estimate of drug-likeness (QED) is 0.744. The molecule has 1 unspecified atom stereocenters. The van der Waals surface area contributed by atoms with Crippen LogP contribution < -0.4 is 5.32 Å². The van der Waals surface area contributed by atoms with Gasteiger partial charge in [-0.3, -0.25) is 0 Å². The summed E-state index contributed by atoms with van der Waals surface area (Å²) in [5.74, 6) is 0.788. The van der Waals surface area contributed by atoms with Gasteiger partial charge in [-0.25, -0.2) is 4.98 Å². The van der Waals surface area contributed by atoms with Crippen LogP contribution in [-0.4, -0.2) is 9.97 Å². The summed E-state index contributed by atoms with van der Waals surface area (Å²) in [6.45, 7) is 0.877. The Labute approximate surface area is 124 Å². The Hall–Kier alpha value is -2.13. The molecule has 1 saturated carbocycles. The van der Waals surface area contributed by atoms with Gasteiger partial charge in [0.25, 0.3) is 0 Å². The standard InChI is InChI=1S/C18H19N3/c1-2-5-13(6-3-1)17(14-8-9-14)20-11-15-12-21-18-16(15)7-4-10-19-18/h1-7,10,12,14,17,20H,8-9,11H2,(H,19,21). The maximum absolute atomic E-state index is 4.35. The number of pyridine rings is 1. The summed E-state index contributed by atoms with van der Waals surface area (Å²) in [5, 5.41) is 4.96. The van der Waals surface area contributed by atoms with Crippen LogP contribution in [0.1, 0.15) is 30.0 Å². The first-order chi connectivity index (χ1) is 10.4. The van der Waals surface area contributed by atoms with Gasteiger partial charge in [0.1, 0.15) is 5.65 Å². The number of hydrogen-bond acceptors (Lipinski definition) is 2. The fourth-order valence-corrected chi connectivity index (χ4v) is 3.03. The third-order valence-corrected chi connectivity index (χ3v) is 4.30. The molecule has 0 aliphatic heterocycles. The molecule has 106 valence electrons. The minimum atomic E-state index is 0.466. The maximum Gasteiger partial charge on any atom is 0.137 e. The van der Waals surface area contributed by atoms with E-state index in [1.165, 1.54) is 29.4 Å². The van der Waals surface area contributed by atoms with Gasteiger partial charge in [0.05, 0.1) is 0 Å². The zero-order valence-electron chi connectivity index (χ0n) is 11.9. The number of hydrogen-bond donors (Lipinski definition) is 2. The average Bonchev–Trinajstić information content (AvgIpc) is 3.29. The Balaban J connectivity index is 1.54. The number of nitrogens with zero attached hydrogens (tertiary/aromatic N) is 1. The molecule has 0 spiro atoms. The van der Waals surface area contributed by atoms with E-state index < -0.39 is 0 Å². The van der Waals surface area contributed by atoms with Gasteiger partial charge in [-0.2, -0.15) is 0 Å². The second-order valence-corrected chi connectivity index (χ2v) is 5.82. The Morgan fingerprint density at radius 2 is 2.00 bits per heavy atom. The third-order valence-electron chi connectivity index (χ3n) is 4.30. The van der Waals surface area contributed by atoms with Crippen molar-refractivity contribution in [2.75, 3.05) is 0 Å². The molecule has 1 atom stereocenters. The minimum absolute atomic E-state index is 0.466. The van der Waals surface area contributed by atoms with Gasteiger partial charge in [0, 0.05) is 30.4 Å². The highest BCUT2D eigenvalue weighted by molar-refractivity contribution is 5.79. The van der Waals surface area contributed by atoms with E-state index in [2.05, 4.69) is 57.9 Å². The van der Waals surface area contributed by atoms with Crippen LogP contribution in [0.5, 0.6) is 0 Å². The second kappa shape index (κ2) is 5.34. The number of benzene rings is 1. The molecule has 2 heterocycles. The number of aromatic amines is 1. The SMILES string of the molecule is c1ccc(C(NCc2c[nH]c3ncccc23)C2CC2)cc1. The predicted molar refractivity (Wildman–Crippen MR) is 84.8 cm³/mol. The Bertz CT molecular complexity index is 728. The van der Waals surface area contributed by atoms with Crippen molar-refractivity contribution in [2.24, 2.45) is 5.92 Å². The number of fused-ring (bicyclic) bond motifs is 1. The highest BCUT2D eigenvalue weighted by atomic mass is 14.9. The lowest BCUT2D eigenvalue weighted by Crippen LogP contribution is -2.22. The molecule has 0 bridgehead atoms. The van der Waals surface area contributed by atoms with Gasteiger partial charge in [-0.05, 0) is 42.0 Å².